The maximum atomic E-state index is 11.7. The molecule has 2 unspecified atom stereocenters. The highest BCUT2D eigenvalue weighted by molar-refractivity contribution is 7.11. The van der Waals surface area contributed by atoms with Gasteiger partial charge in [0.1, 0.15) is 11.0 Å². The van der Waals surface area contributed by atoms with Crippen molar-refractivity contribution in [1.29, 1.82) is 0 Å². The molecule has 2 heterocycles. The molecule has 1 saturated heterocycles. The molecule has 82 valence electrons. The van der Waals surface area contributed by atoms with Crippen LogP contribution in [-0.2, 0) is 9.47 Å². The van der Waals surface area contributed by atoms with Gasteiger partial charge in [0.2, 0.25) is 0 Å². The molecule has 0 bridgehead atoms. The molecule has 0 aliphatic carbocycles. The van der Waals surface area contributed by atoms with E-state index in [1.807, 2.05) is 11.4 Å². The lowest BCUT2D eigenvalue weighted by Gasteiger charge is -2.28. The number of carbonyl (C=O) groups excluding carboxylic acids is 1. The van der Waals surface area contributed by atoms with Crippen LogP contribution < -0.4 is 0 Å². The van der Waals surface area contributed by atoms with Gasteiger partial charge in [-0.2, -0.15) is 0 Å². The number of thiophene rings is 1. The Bertz CT molecular complexity index is 321. The predicted octanol–water partition coefficient (Wildman–Crippen LogP) is 2.33. The Morgan fingerprint density at radius 3 is 3.20 bits per heavy atom. The number of carbonyl (C=O) groups is 1. The standard InChI is InChI=1S/C11H14O3S/c1-8-4-5-13-7-9(8)14-11(12)10-3-2-6-15-10/h2-3,6,8-9H,4-5,7H2,1H3. The highest BCUT2D eigenvalue weighted by atomic mass is 32.1. The molecular formula is C11H14O3S. The number of hydrogen-bond acceptors (Lipinski definition) is 4. The summed E-state index contributed by atoms with van der Waals surface area (Å²) in [5.74, 6) is 0.162. The summed E-state index contributed by atoms with van der Waals surface area (Å²) in [6, 6.07) is 3.63. The molecule has 2 atom stereocenters. The number of rotatable bonds is 2. The average molecular weight is 226 g/mol. The van der Waals surface area contributed by atoms with E-state index in [0.29, 0.717) is 17.4 Å². The van der Waals surface area contributed by atoms with Crippen LogP contribution in [0.2, 0.25) is 0 Å². The Balaban J connectivity index is 1.93. The molecule has 1 aromatic rings. The zero-order valence-electron chi connectivity index (χ0n) is 8.64. The highest BCUT2D eigenvalue weighted by Crippen LogP contribution is 2.20. The van der Waals surface area contributed by atoms with Crippen LogP contribution in [0.3, 0.4) is 0 Å². The largest absolute Gasteiger partial charge is 0.455 e. The summed E-state index contributed by atoms with van der Waals surface area (Å²) in [7, 11) is 0. The van der Waals surface area contributed by atoms with Crippen molar-refractivity contribution >= 4 is 17.3 Å². The van der Waals surface area contributed by atoms with E-state index in [9.17, 15) is 4.79 Å². The molecule has 0 saturated carbocycles. The van der Waals surface area contributed by atoms with Crippen molar-refractivity contribution in [3.63, 3.8) is 0 Å². The second-order valence-corrected chi connectivity index (χ2v) is 4.71. The second kappa shape index (κ2) is 4.77. The Hall–Kier alpha value is -0.870. The van der Waals surface area contributed by atoms with Crippen LogP contribution in [0.25, 0.3) is 0 Å². The normalized spacial score (nSPS) is 26.2. The Kier molecular flexibility index (Phi) is 3.38. The molecule has 15 heavy (non-hydrogen) atoms. The van der Waals surface area contributed by atoms with Gasteiger partial charge in [0.25, 0.3) is 0 Å². The summed E-state index contributed by atoms with van der Waals surface area (Å²) in [4.78, 5) is 12.3. The molecule has 1 fully saturated rings. The van der Waals surface area contributed by atoms with Crippen LogP contribution in [0.15, 0.2) is 17.5 Å². The van der Waals surface area contributed by atoms with Gasteiger partial charge in [-0.15, -0.1) is 11.3 Å². The minimum Gasteiger partial charge on any atom is -0.455 e. The van der Waals surface area contributed by atoms with Gasteiger partial charge in [-0.25, -0.2) is 4.79 Å². The first kappa shape index (κ1) is 10.6. The van der Waals surface area contributed by atoms with Gasteiger partial charge < -0.3 is 9.47 Å². The van der Waals surface area contributed by atoms with Gasteiger partial charge in [-0.05, 0) is 23.8 Å². The van der Waals surface area contributed by atoms with Crippen molar-refractivity contribution in [3.8, 4) is 0 Å². The monoisotopic (exact) mass is 226 g/mol. The van der Waals surface area contributed by atoms with E-state index in [0.717, 1.165) is 13.0 Å². The molecule has 4 heteroatoms. The zero-order chi connectivity index (χ0) is 10.7. The first-order valence-corrected chi connectivity index (χ1v) is 5.97. The molecule has 0 aromatic carbocycles. The third-order valence-corrected chi connectivity index (χ3v) is 3.46. The highest BCUT2D eigenvalue weighted by Gasteiger charge is 2.26. The summed E-state index contributed by atoms with van der Waals surface area (Å²) in [5, 5.41) is 1.87. The van der Waals surface area contributed by atoms with Crippen LogP contribution in [0.5, 0.6) is 0 Å². The lowest BCUT2D eigenvalue weighted by molar-refractivity contribution is -0.0556. The molecule has 0 amide bonds. The van der Waals surface area contributed by atoms with E-state index < -0.39 is 0 Å². The molecule has 1 aromatic heterocycles. The van der Waals surface area contributed by atoms with Crippen molar-refractivity contribution < 1.29 is 14.3 Å². The van der Waals surface area contributed by atoms with Gasteiger partial charge >= 0.3 is 5.97 Å². The smallest absolute Gasteiger partial charge is 0.348 e. The zero-order valence-corrected chi connectivity index (χ0v) is 9.46. The third kappa shape index (κ3) is 2.58. The summed E-state index contributed by atoms with van der Waals surface area (Å²) in [6.07, 6.45) is 0.871. The molecule has 1 aliphatic heterocycles. The average Bonchev–Trinajstić information content (AvgIpc) is 2.74. The van der Waals surface area contributed by atoms with E-state index in [4.69, 9.17) is 9.47 Å². The Morgan fingerprint density at radius 2 is 2.53 bits per heavy atom. The van der Waals surface area contributed by atoms with Crippen LogP contribution in [0, 0.1) is 5.92 Å². The van der Waals surface area contributed by atoms with E-state index in [2.05, 4.69) is 6.92 Å². The first-order chi connectivity index (χ1) is 7.27. The van der Waals surface area contributed by atoms with Crippen molar-refractivity contribution in [2.75, 3.05) is 13.2 Å². The minimum absolute atomic E-state index is 0.0895. The fourth-order valence-electron chi connectivity index (χ4n) is 1.56. The number of hydrogen-bond donors (Lipinski definition) is 0. The predicted molar refractivity (Wildman–Crippen MR) is 58.1 cm³/mol. The Labute approximate surface area is 93.0 Å². The molecule has 0 spiro atoms. The van der Waals surface area contributed by atoms with Crippen molar-refractivity contribution in [3.05, 3.63) is 22.4 Å². The molecule has 0 radical (unpaired) electrons. The third-order valence-electron chi connectivity index (χ3n) is 2.62. The maximum Gasteiger partial charge on any atom is 0.348 e. The van der Waals surface area contributed by atoms with Gasteiger partial charge in [0, 0.05) is 6.61 Å². The maximum absolute atomic E-state index is 11.7. The fraction of sp³-hybridized carbons (Fsp3) is 0.545. The summed E-state index contributed by atoms with van der Waals surface area (Å²) >= 11 is 1.41. The molecule has 1 aliphatic rings. The molecule has 3 nitrogen and oxygen atoms in total. The van der Waals surface area contributed by atoms with Crippen LogP contribution in [-0.4, -0.2) is 25.3 Å². The molecule has 0 N–H and O–H groups in total. The van der Waals surface area contributed by atoms with E-state index in [-0.39, 0.29) is 12.1 Å². The van der Waals surface area contributed by atoms with E-state index in [1.54, 1.807) is 6.07 Å². The lowest BCUT2D eigenvalue weighted by Crippen LogP contribution is -2.34. The minimum atomic E-state index is -0.229. The van der Waals surface area contributed by atoms with Crippen LogP contribution in [0.1, 0.15) is 23.0 Å². The second-order valence-electron chi connectivity index (χ2n) is 3.76. The summed E-state index contributed by atoms with van der Waals surface area (Å²) < 4.78 is 10.7. The van der Waals surface area contributed by atoms with Gasteiger partial charge in [0.05, 0.1) is 6.61 Å². The van der Waals surface area contributed by atoms with Crippen molar-refractivity contribution in [1.82, 2.24) is 0 Å². The van der Waals surface area contributed by atoms with E-state index >= 15 is 0 Å². The SMILES string of the molecule is CC1CCOCC1OC(=O)c1cccs1. The van der Waals surface area contributed by atoms with Crippen molar-refractivity contribution in [2.24, 2.45) is 5.92 Å². The fourth-order valence-corrected chi connectivity index (χ4v) is 2.16. The summed E-state index contributed by atoms with van der Waals surface area (Å²) in [6.45, 7) is 3.39. The van der Waals surface area contributed by atoms with E-state index in [1.165, 1.54) is 11.3 Å². The van der Waals surface area contributed by atoms with Gasteiger partial charge in [-0.1, -0.05) is 13.0 Å². The topological polar surface area (TPSA) is 35.5 Å². The van der Waals surface area contributed by atoms with Gasteiger partial charge in [-0.3, -0.25) is 0 Å². The molecule has 2 rings (SSSR count). The lowest BCUT2D eigenvalue weighted by atomic mass is 10.00. The number of ether oxygens (including phenoxy) is 2. The van der Waals surface area contributed by atoms with Gasteiger partial charge in [0.15, 0.2) is 0 Å². The quantitative estimate of drug-likeness (QED) is 0.726. The van der Waals surface area contributed by atoms with Crippen LogP contribution in [0.4, 0.5) is 0 Å². The van der Waals surface area contributed by atoms with Crippen molar-refractivity contribution in [2.45, 2.75) is 19.4 Å². The van der Waals surface area contributed by atoms with Crippen LogP contribution >= 0.6 is 11.3 Å². The number of esters is 1. The first-order valence-electron chi connectivity index (χ1n) is 5.09. The molecular weight excluding hydrogens is 212 g/mol. The summed E-state index contributed by atoms with van der Waals surface area (Å²) in [5.41, 5.74) is 0. The Morgan fingerprint density at radius 1 is 1.67 bits per heavy atom.